The summed E-state index contributed by atoms with van der Waals surface area (Å²) in [5.41, 5.74) is 1.27. The van der Waals surface area contributed by atoms with E-state index < -0.39 is 0 Å². The Bertz CT molecular complexity index is 1030. The molecule has 6 nitrogen and oxygen atoms in total. The lowest BCUT2D eigenvalue weighted by atomic mass is 10.1. The first-order valence-corrected chi connectivity index (χ1v) is 9.37. The van der Waals surface area contributed by atoms with Crippen LogP contribution in [0.2, 0.25) is 0 Å². The van der Waals surface area contributed by atoms with Crippen LogP contribution in [0.15, 0.2) is 32.2 Å². The first-order valence-electron chi connectivity index (χ1n) is 7.97. The van der Waals surface area contributed by atoms with Crippen molar-refractivity contribution in [1.82, 2.24) is 4.90 Å². The van der Waals surface area contributed by atoms with Crippen LogP contribution >= 0.6 is 11.8 Å². The highest BCUT2D eigenvalue weighted by Gasteiger charge is 2.25. The number of benzene rings is 1. The number of methoxy groups -OCH3 is 2. The summed E-state index contributed by atoms with van der Waals surface area (Å²) in [4.78, 5) is 15.2. The van der Waals surface area contributed by atoms with E-state index in [4.69, 9.17) is 18.3 Å². The molecule has 1 aromatic carbocycles. The van der Waals surface area contributed by atoms with E-state index in [1.807, 2.05) is 31.5 Å². The van der Waals surface area contributed by atoms with Crippen molar-refractivity contribution in [2.24, 2.45) is 0 Å². The van der Waals surface area contributed by atoms with Gasteiger partial charge in [-0.15, -0.1) is 0 Å². The molecular weight excluding hydrogens is 354 g/mol. The van der Waals surface area contributed by atoms with Crippen LogP contribution < -0.4 is 14.9 Å². The summed E-state index contributed by atoms with van der Waals surface area (Å²) in [6.07, 6.45) is 7.10. The molecule has 0 spiro atoms. The minimum Gasteiger partial charge on any atom is -0.495 e. The van der Waals surface area contributed by atoms with Gasteiger partial charge in [0, 0.05) is 26.0 Å². The minimum absolute atomic E-state index is 0.128. The molecule has 138 valence electrons. The zero-order chi connectivity index (χ0) is 18.8. The molecule has 0 atom stereocenters. The lowest BCUT2D eigenvalue weighted by molar-refractivity contribution is 0.399. The molecule has 3 aromatic rings. The molecule has 0 fully saturated rings. The van der Waals surface area contributed by atoms with Crippen molar-refractivity contribution in [3.8, 4) is 11.5 Å². The molecular formula is C19H21NO5S. The maximum absolute atomic E-state index is 13.3. The summed E-state index contributed by atoms with van der Waals surface area (Å²) in [6.45, 7) is 0. The minimum atomic E-state index is -0.128. The molecule has 0 aliphatic rings. The Morgan fingerprint density at radius 2 is 1.92 bits per heavy atom. The van der Waals surface area contributed by atoms with Crippen LogP contribution in [0, 0.1) is 0 Å². The second-order valence-electron chi connectivity index (χ2n) is 5.92. The molecule has 0 saturated heterocycles. The highest BCUT2D eigenvalue weighted by atomic mass is 32.2. The second kappa shape index (κ2) is 7.37. The van der Waals surface area contributed by atoms with Gasteiger partial charge in [0.1, 0.15) is 16.9 Å². The number of hydrogen-bond acceptors (Lipinski definition) is 7. The van der Waals surface area contributed by atoms with Gasteiger partial charge in [0.15, 0.2) is 11.2 Å². The Hall–Kier alpha value is -2.54. The van der Waals surface area contributed by atoms with Crippen LogP contribution in [-0.2, 0) is 5.75 Å². The van der Waals surface area contributed by atoms with Crippen molar-refractivity contribution in [3.05, 3.63) is 40.1 Å². The molecule has 0 saturated carbocycles. The lowest BCUT2D eigenvalue weighted by Crippen LogP contribution is -2.12. The van der Waals surface area contributed by atoms with Gasteiger partial charge >= 0.3 is 0 Å². The zero-order valence-electron chi connectivity index (χ0n) is 15.4. The van der Waals surface area contributed by atoms with Crippen LogP contribution in [0.4, 0.5) is 0 Å². The fourth-order valence-corrected chi connectivity index (χ4v) is 3.45. The molecule has 0 N–H and O–H groups in total. The van der Waals surface area contributed by atoms with Crippen molar-refractivity contribution >= 4 is 39.8 Å². The van der Waals surface area contributed by atoms with Crippen molar-refractivity contribution in [2.45, 2.75) is 5.75 Å². The fourth-order valence-electron chi connectivity index (χ4n) is 2.89. The normalized spacial score (nSPS) is 11.6. The maximum Gasteiger partial charge on any atom is 0.206 e. The Labute approximate surface area is 155 Å². The Morgan fingerprint density at radius 3 is 2.54 bits per heavy atom. The molecule has 3 rings (SSSR count). The summed E-state index contributed by atoms with van der Waals surface area (Å²) in [6, 6.07) is 1.75. The molecule has 0 aliphatic carbocycles. The Morgan fingerprint density at radius 1 is 1.19 bits per heavy atom. The summed E-state index contributed by atoms with van der Waals surface area (Å²) >= 11 is 1.56. The Balaban J connectivity index is 2.50. The van der Waals surface area contributed by atoms with E-state index in [1.165, 1.54) is 20.5 Å². The maximum atomic E-state index is 13.3. The molecule has 2 heterocycles. The SMILES string of the molecule is COc1c2occc2c(OC)c2c(=O)c(CSC)c(/C=C/N(C)C)oc12. The molecule has 7 heteroatoms. The van der Waals surface area contributed by atoms with Crippen LogP contribution in [0.1, 0.15) is 11.3 Å². The van der Waals surface area contributed by atoms with Crippen LogP contribution in [-0.4, -0.2) is 39.5 Å². The third-order valence-electron chi connectivity index (χ3n) is 4.01. The van der Waals surface area contributed by atoms with E-state index in [0.29, 0.717) is 50.5 Å². The topological polar surface area (TPSA) is 65.1 Å². The molecule has 0 radical (unpaired) electrons. The van der Waals surface area contributed by atoms with E-state index in [1.54, 1.807) is 23.9 Å². The lowest BCUT2D eigenvalue weighted by Gasteiger charge is -2.13. The third-order valence-corrected chi connectivity index (χ3v) is 4.59. The second-order valence-corrected chi connectivity index (χ2v) is 6.79. The van der Waals surface area contributed by atoms with Gasteiger partial charge in [0.2, 0.25) is 11.2 Å². The zero-order valence-corrected chi connectivity index (χ0v) is 16.2. The number of fused-ring (bicyclic) bond motifs is 2. The average Bonchev–Trinajstić information content (AvgIpc) is 3.09. The van der Waals surface area contributed by atoms with Gasteiger partial charge in [-0.25, -0.2) is 0 Å². The fraction of sp³-hybridized carbons (Fsp3) is 0.316. The molecule has 2 aromatic heterocycles. The number of ether oxygens (including phenoxy) is 2. The smallest absolute Gasteiger partial charge is 0.206 e. The van der Waals surface area contributed by atoms with Gasteiger partial charge in [-0.2, -0.15) is 11.8 Å². The van der Waals surface area contributed by atoms with E-state index in [0.717, 1.165) is 0 Å². The van der Waals surface area contributed by atoms with E-state index in [9.17, 15) is 4.79 Å². The summed E-state index contributed by atoms with van der Waals surface area (Å²) in [5, 5.41) is 1.04. The quantitative estimate of drug-likeness (QED) is 0.646. The average molecular weight is 375 g/mol. The molecule has 0 amide bonds. The number of nitrogens with zero attached hydrogens (tertiary/aromatic N) is 1. The number of thioether (sulfide) groups is 1. The van der Waals surface area contributed by atoms with Gasteiger partial charge in [0.25, 0.3) is 0 Å². The molecule has 0 aliphatic heterocycles. The van der Waals surface area contributed by atoms with E-state index in [2.05, 4.69) is 0 Å². The van der Waals surface area contributed by atoms with Gasteiger partial charge in [-0.1, -0.05) is 0 Å². The highest BCUT2D eigenvalue weighted by molar-refractivity contribution is 7.97. The van der Waals surface area contributed by atoms with Crippen LogP contribution in [0.5, 0.6) is 11.5 Å². The Kier molecular flexibility index (Phi) is 5.18. The van der Waals surface area contributed by atoms with Crippen molar-refractivity contribution < 1.29 is 18.3 Å². The standard InChI is InChI=1S/C19H21NO5S/c1-20(2)8-6-13-12(10-26-5)15(21)14-16(22-3)11-7-9-24-17(11)19(23-4)18(14)25-13/h6-9H,10H2,1-5H3/b8-6+. The van der Waals surface area contributed by atoms with Gasteiger partial charge in [-0.3, -0.25) is 4.79 Å². The largest absolute Gasteiger partial charge is 0.495 e. The van der Waals surface area contributed by atoms with Crippen LogP contribution in [0.3, 0.4) is 0 Å². The summed E-state index contributed by atoms with van der Waals surface area (Å²) < 4.78 is 22.7. The van der Waals surface area contributed by atoms with Crippen molar-refractivity contribution in [1.29, 1.82) is 0 Å². The first kappa shape index (κ1) is 18.3. The molecule has 0 bridgehead atoms. The number of rotatable bonds is 6. The van der Waals surface area contributed by atoms with E-state index in [-0.39, 0.29) is 5.43 Å². The monoisotopic (exact) mass is 375 g/mol. The number of hydrogen-bond donors (Lipinski definition) is 0. The van der Waals surface area contributed by atoms with E-state index >= 15 is 0 Å². The van der Waals surface area contributed by atoms with Gasteiger partial charge in [-0.05, 0) is 18.4 Å². The number of furan rings is 1. The van der Waals surface area contributed by atoms with Gasteiger partial charge < -0.3 is 23.2 Å². The molecule has 26 heavy (non-hydrogen) atoms. The predicted molar refractivity (Wildman–Crippen MR) is 105 cm³/mol. The predicted octanol–water partition coefficient (Wildman–Crippen LogP) is 3.95. The van der Waals surface area contributed by atoms with Crippen LogP contribution in [0.25, 0.3) is 28.0 Å². The van der Waals surface area contributed by atoms with Crippen molar-refractivity contribution in [3.63, 3.8) is 0 Å². The first-order chi connectivity index (χ1) is 12.5. The van der Waals surface area contributed by atoms with Crippen molar-refractivity contribution in [2.75, 3.05) is 34.6 Å². The molecule has 0 unspecified atom stereocenters. The summed E-state index contributed by atoms with van der Waals surface area (Å²) in [5.74, 6) is 1.84. The van der Waals surface area contributed by atoms with Gasteiger partial charge in [0.05, 0.1) is 31.4 Å². The summed E-state index contributed by atoms with van der Waals surface area (Å²) in [7, 11) is 6.86. The highest BCUT2D eigenvalue weighted by Crippen LogP contribution is 2.42. The third kappa shape index (κ3) is 2.92.